The molecule has 1 aliphatic heterocycles. The van der Waals surface area contributed by atoms with Crippen LogP contribution in [0.3, 0.4) is 0 Å². The maximum Gasteiger partial charge on any atom is 0.270 e. The van der Waals surface area contributed by atoms with Gasteiger partial charge in [-0.15, -0.1) is 11.8 Å². The quantitative estimate of drug-likeness (QED) is 0.617. The molecule has 1 atom stereocenters. The van der Waals surface area contributed by atoms with E-state index in [1.807, 2.05) is 12.1 Å². The van der Waals surface area contributed by atoms with Gasteiger partial charge < -0.3 is 4.90 Å². The summed E-state index contributed by atoms with van der Waals surface area (Å²) in [7, 11) is 0. The molecule has 0 N–H and O–H groups in total. The number of non-ortho nitro benzene ring substituents is 1. The van der Waals surface area contributed by atoms with Crippen molar-refractivity contribution in [3.63, 3.8) is 0 Å². The van der Waals surface area contributed by atoms with Crippen molar-refractivity contribution in [1.29, 1.82) is 0 Å². The lowest BCUT2D eigenvalue weighted by molar-refractivity contribution is -0.384. The predicted octanol–water partition coefficient (Wildman–Crippen LogP) is 4.14. The molecule has 0 radical (unpaired) electrons. The fourth-order valence-electron chi connectivity index (χ4n) is 2.50. The molecule has 2 aromatic carbocycles. The number of thioether (sulfide) groups is 1. The average Bonchev–Trinajstić information content (AvgIpc) is 3.04. The molecule has 0 unspecified atom stereocenters. The van der Waals surface area contributed by atoms with Gasteiger partial charge in [-0.2, -0.15) is 0 Å². The molecule has 7 heteroatoms. The standard InChI is InChI=1S/C16H13ClN2O3S/c17-13-6-4-11(5-7-13)16-18(8-9-23-16)15(20)12-2-1-3-14(10-12)19(21)22/h1-7,10,16H,8-9H2/t16-/m0/s1. The van der Waals surface area contributed by atoms with Gasteiger partial charge in [0.1, 0.15) is 5.37 Å². The molecule has 1 saturated heterocycles. The highest BCUT2D eigenvalue weighted by Gasteiger charge is 2.31. The SMILES string of the molecule is O=C(c1cccc([N+](=O)[O-])c1)N1CCS[C@H]1c1ccc(Cl)cc1. The molecule has 23 heavy (non-hydrogen) atoms. The third-order valence-electron chi connectivity index (χ3n) is 3.61. The summed E-state index contributed by atoms with van der Waals surface area (Å²) in [4.78, 5) is 24.9. The zero-order valence-corrected chi connectivity index (χ0v) is 13.6. The van der Waals surface area contributed by atoms with Gasteiger partial charge in [0.05, 0.1) is 4.92 Å². The number of nitro benzene ring substituents is 1. The Morgan fingerprint density at radius 2 is 2.00 bits per heavy atom. The monoisotopic (exact) mass is 348 g/mol. The lowest BCUT2D eigenvalue weighted by Crippen LogP contribution is -2.30. The first-order valence-corrected chi connectivity index (χ1v) is 8.41. The fraction of sp³-hybridized carbons (Fsp3) is 0.188. The number of hydrogen-bond donors (Lipinski definition) is 0. The summed E-state index contributed by atoms with van der Waals surface area (Å²) in [5, 5.41) is 11.4. The second kappa shape index (κ2) is 6.60. The highest BCUT2D eigenvalue weighted by molar-refractivity contribution is 7.99. The van der Waals surface area contributed by atoms with Gasteiger partial charge in [0.2, 0.25) is 0 Å². The molecular weight excluding hydrogens is 336 g/mol. The van der Waals surface area contributed by atoms with E-state index in [1.165, 1.54) is 18.2 Å². The number of benzene rings is 2. The fourth-order valence-corrected chi connectivity index (χ4v) is 3.88. The molecule has 2 aromatic rings. The number of rotatable bonds is 3. The Hall–Kier alpha value is -2.05. The Balaban J connectivity index is 1.87. The minimum absolute atomic E-state index is 0.0780. The van der Waals surface area contributed by atoms with Crippen LogP contribution in [0, 0.1) is 10.1 Å². The summed E-state index contributed by atoms with van der Waals surface area (Å²) in [5.41, 5.74) is 1.25. The Kier molecular flexibility index (Phi) is 4.54. The van der Waals surface area contributed by atoms with Gasteiger partial charge in [-0.25, -0.2) is 0 Å². The maximum absolute atomic E-state index is 12.7. The second-order valence-corrected chi connectivity index (χ2v) is 6.71. The van der Waals surface area contributed by atoms with E-state index < -0.39 is 4.92 Å². The van der Waals surface area contributed by atoms with Crippen LogP contribution in [0.25, 0.3) is 0 Å². The summed E-state index contributed by atoms with van der Waals surface area (Å²) in [6.45, 7) is 0.611. The molecule has 1 fully saturated rings. The van der Waals surface area contributed by atoms with Crippen molar-refractivity contribution in [2.45, 2.75) is 5.37 Å². The van der Waals surface area contributed by atoms with Gasteiger partial charge in [0.25, 0.3) is 11.6 Å². The van der Waals surface area contributed by atoms with Crippen molar-refractivity contribution < 1.29 is 9.72 Å². The highest BCUT2D eigenvalue weighted by atomic mass is 35.5. The number of halogens is 1. The van der Waals surface area contributed by atoms with E-state index in [0.29, 0.717) is 17.1 Å². The van der Waals surface area contributed by atoms with Crippen molar-refractivity contribution in [3.8, 4) is 0 Å². The second-order valence-electron chi connectivity index (χ2n) is 5.08. The van der Waals surface area contributed by atoms with Crippen LogP contribution in [0.1, 0.15) is 21.3 Å². The van der Waals surface area contributed by atoms with Crippen molar-refractivity contribution in [3.05, 3.63) is 74.8 Å². The highest BCUT2D eigenvalue weighted by Crippen LogP contribution is 2.39. The van der Waals surface area contributed by atoms with E-state index in [0.717, 1.165) is 11.3 Å². The zero-order valence-electron chi connectivity index (χ0n) is 12.0. The third-order valence-corrected chi connectivity index (χ3v) is 5.12. The third kappa shape index (κ3) is 3.33. The van der Waals surface area contributed by atoms with Gasteiger partial charge in [-0.1, -0.05) is 29.8 Å². The van der Waals surface area contributed by atoms with Crippen LogP contribution in [0.2, 0.25) is 5.02 Å². The van der Waals surface area contributed by atoms with Crippen LogP contribution in [-0.4, -0.2) is 28.0 Å². The van der Waals surface area contributed by atoms with Crippen LogP contribution in [-0.2, 0) is 0 Å². The first kappa shape index (κ1) is 15.8. The summed E-state index contributed by atoms with van der Waals surface area (Å²) >= 11 is 7.58. The van der Waals surface area contributed by atoms with Gasteiger partial charge in [-0.3, -0.25) is 14.9 Å². The van der Waals surface area contributed by atoms with Gasteiger partial charge in [-0.05, 0) is 23.8 Å². The number of nitrogens with zero attached hydrogens (tertiary/aromatic N) is 2. The number of nitro groups is 1. The minimum Gasteiger partial charge on any atom is -0.322 e. The van der Waals surface area contributed by atoms with E-state index in [4.69, 9.17) is 11.6 Å². The van der Waals surface area contributed by atoms with Crippen molar-refractivity contribution >= 4 is 35.0 Å². The Bertz CT molecular complexity index is 751. The Labute approximate surface area is 142 Å². The number of carbonyl (C=O) groups excluding carboxylic acids is 1. The molecule has 1 amide bonds. The summed E-state index contributed by atoms with van der Waals surface area (Å²) in [6, 6.07) is 13.2. The van der Waals surface area contributed by atoms with Gasteiger partial charge in [0, 0.05) is 35.0 Å². The van der Waals surface area contributed by atoms with Crippen molar-refractivity contribution in [2.75, 3.05) is 12.3 Å². The van der Waals surface area contributed by atoms with Crippen LogP contribution in [0.5, 0.6) is 0 Å². The first-order chi connectivity index (χ1) is 11.1. The van der Waals surface area contributed by atoms with E-state index in [-0.39, 0.29) is 17.0 Å². The van der Waals surface area contributed by atoms with E-state index >= 15 is 0 Å². The lowest BCUT2D eigenvalue weighted by atomic mass is 10.1. The molecule has 5 nitrogen and oxygen atoms in total. The molecule has 0 saturated carbocycles. The first-order valence-electron chi connectivity index (χ1n) is 6.99. The van der Waals surface area contributed by atoms with Crippen LogP contribution in [0.15, 0.2) is 48.5 Å². The normalized spacial score (nSPS) is 17.3. The van der Waals surface area contributed by atoms with Crippen LogP contribution < -0.4 is 0 Å². The zero-order chi connectivity index (χ0) is 16.4. The summed E-state index contributed by atoms with van der Waals surface area (Å²) in [5.74, 6) is 0.632. The molecule has 118 valence electrons. The molecular formula is C16H13ClN2O3S. The molecule has 3 rings (SSSR count). The largest absolute Gasteiger partial charge is 0.322 e. The maximum atomic E-state index is 12.7. The minimum atomic E-state index is -0.494. The molecule has 0 spiro atoms. The molecule has 1 aliphatic rings. The average molecular weight is 349 g/mol. The summed E-state index contributed by atoms with van der Waals surface area (Å²) < 4.78 is 0. The van der Waals surface area contributed by atoms with Crippen LogP contribution in [0.4, 0.5) is 5.69 Å². The van der Waals surface area contributed by atoms with E-state index in [1.54, 1.807) is 34.9 Å². The topological polar surface area (TPSA) is 63.4 Å². The molecule has 1 heterocycles. The molecule has 0 aliphatic carbocycles. The van der Waals surface area contributed by atoms with Crippen molar-refractivity contribution in [1.82, 2.24) is 4.90 Å². The molecule has 0 bridgehead atoms. The summed E-state index contributed by atoms with van der Waals surface area (Å²) in [6.07, 6.45) is 0. The number of amides is 1. The van der Waals surface area contributed by atoms with Gasteiger partial charge in [0.15, 0.2) is 0 Å². The van der Waals surface area contributed by atoms with Gasteiger partial charge >= 0.3 is 0 Å². The number of carbonyl (C=O) groups is 1. The Morgan fingerprint density at radius 1 is 1.26 bits per heavy atom. The van der Waals surface area contributed by atoms with Crippen molar-refractivity contribution in [2.24, 2.45) is 0 Å². The smallest absolute Gasteiger partial charge is 0.270 e. The van der Waals surface area contributed by atoms with E-state index in [2.05, 4.69) is 0 Å². The predicted molar refractivity (Wildman–Crippen MR) is 90.8 cm³/mol. The molecule has 0 aromatic heterocycles. The lowest BCUT2D eigenvalue weighted by Gasteiger charge is -2.24. The van der Waals surface area contributed by atoms with E-state index in [9.17, 15) is 14.9 Å². The number of hydrogen-bond acceptors (Lipinski definition) is 4. The van der Waals surface area contributed by atoms with Crippen LogP contribution >= 0.6 is 23.4 Å². The Morgan fingerprint density at radius 3 is 2.70 bits per heavy atom.